The van der Waals surface area contributed by atoms with E-state index in [1.165, 1.54) is 12.3 Å². The smallest absolute Gasteiger partial charge is 0.356 e. The van der Waals surface area contributed by atoms with Crippen LogP contribution in [0.5, 0.6) is 0 Å². The Morgan fingerprint density at radius 1 is 1.33 bits per heavy atom. The number of esters is 1. The molecular weight excluding hydrogens is 232 g/mol. The van der Waals surface area contributed by atoms with Crippen LogP contribution < -0.4 is 5.73 Å². The molecule has 0 spiro atoms. The van der Waals surface area contributed by atoms with Gasteiger partial charge in [-0.15, -0.1) is 0 Å². The van der Waals surface area contributed by atoms with E-state index in [-0.39, 0.29) is 12.3 Å². The first-order valence-electron chi connectivity index (χ1n) is 6.06. The summed E-state index contributed by atoms with van der Waals surface area (Å²) in [6.45, 7) is 5.61. The molecule has 0 radical (unpaired) electrons. The van der Waals surface area contributed by atoms with Crippen molar-refractivity contribution in [1.29, 1.82) is 0 Å². The Kier molecular flexibility index (Phi) is 6.14. The van der Waals surface area contributed by atoms with Gasteiger partial charge in [-0.25, -0.2) is 9.78 Å². The molecule has 5 heteroatoms. The van der Waals surface area contributed by atoms with E-state index in [1.54, 1.807) is 6.07 Å². The van der Waals surface area contributed by atoms with E-state index < -0.39 is 5.97 Å². The number of carbonyl (C=O) groups excluding carboxylic acids is 1. The van der Waals surface area contributed by atoms with Gasteiger partial charge in [-0.3, -0.25) is 0 Å². The molecule has 100 valence electrons. The van der Waals surface area contributed by atoms with Crippen LogP contribution in [0.1, 0.15) is 30.8 Å². The summed E-state index contributed by atoms with van der Waals surface area (Å²) in [6, 6.07) is 3.15. The number of hydrogen-bond acceptors (Lipinski definition) is 5. The third-order valence-corrected chi connectivity index (χ3v) is 2.30. The van der Waals surface area contributed by atoms with E-state index in [1.807, 2.05) is 0 Å². The summed E-state index contributed by atoms with van der Waals surface area (Å²) in [5.41, 5.74) is 6.24. The van der Waals surface area contributed by atoms with Crippen LogP contribution in [0.25, 0.3) is 0 Å². The second kappa shape index (κ2) is 7.66. The van der Waals surface area contributed by atoms with Crippen molar-refractivity contribution in [3.63, 3.8) is 0 Å². The van der Waals surface area contributed by atoms with Crippen LogP contribution in [-0.4, -0.2) is 30.8 Å². The summed E-state index contributed by atoms with van der Waals surface area (Å²) in [6.07, 6.45) is 2.43. The van der Waals surface area contributed by atoms with Crippen LogP contribution in [0.4, 0.5) is 5.69 Å². The largest absolute Gasteiger partial charge is 0.459 e. The highest BCUT2D eigenvalue weighted by Gasteiger charge is 2.07. The van der Waals surface area contributed by atoms with E-state index in [9.17, 15) is 4.79 Å². The molecule has 0 saturated heterocycles. The zero-order valence-corrected chi connectivity index (χ0v) is 10.9. The lowest BCUT2D eigenvalue weighted by Crippen LogP contribution is -2.13. The number of pyridine rings is 1. The quantitative estimate of drug-likeness (QED) is 0.592. The molecule has 0 unspecified atom stereocenters. The fourth-order valence-corrected chi connectivity index (χ4v) is 1.21. The van der Waals surface area contributed by atoms with Crippen molar-refractivity contribution in [2.75, 3.05) is 25.6 Å². The minimum atomic E-state index is -0.456. The van der Waals surface area contributed by atoms with Crippen LogP contribution >= 0.6 is 0 Å². The monoisotopic (exact) mass is 252 g/mol. The molecule has 1 rings (SSSR count). The van der Waals surface area contributed by atoms with Gasteiger partial charge in [0, 0.05) is 6.61 Å². The molecule has 2 N–H and O–H groups in total. The molecule has 1 aromatic rings. The highest BCUT2D eigenvalue weighted by Crippen LogP contribution is 2.03. The molecule has 0 bridgehead atoms. The van der Waals surface area contributed by atoms with E-state index in [2.05, 4.69) is 18.8 Å². The van der Waals surface area contributed by atoms with Crippen molar-refractivity contribution in [1.82, 2.24) is 4.98 Å². The molecule has 0 amide bonds. The van der Waals surface area contributed by atoms with E-state index in [0.29, 0.717) is 24.8 Å². The molecule has 0 aliphatic heterocycles. The zero-order chi connectivity index (χ0) is 13.4. The van der Waals surface area contributed by atoms with Gasteiger partial charge >= 0.3 is 5.97 Å². The zero-order valence-electron chi connectivity index (χ0n) is 10.9. The average Bonchev–Trinajstić information content (AvgIpc) is 2.34. The summed E-state index contributed by atoms with van der Waals surface area (Å²) < 4.78 is 10.3. The molecule has 0 aliphatic rings. The standard InChI is InChI=1S/C13H20N2O3/c1-10(2)5-6-17-7-8-18-13(16)12-4-3-11(14)9-15-12/h3-4,9-10H,5-8,14H2,1-2H3. The highest BCUT2D eigenvalue weighted by molar-refractivity contribution is 5.87. The second-order valence-electron chi connectivity index (χ2n) is 4.41. The van der Waals surface area contributed by atoms with E-state index in [0.717, 1.165) is 6.42 Å². The van der Waals surface area contributed by atoms with Crippen molar-refractivity contribution in [3.8, 4) is 0 Å². The minimum absolute atomic E-state index is 0.239. The van der Waals surface area contributed by atoms with Crippen LogP contribution in [0.3, 0.4) is 0 Å². The number of anilines is 1. The highest BCUT2D eigenvalue weighted by atomic mass is 16.6. The van der Waals surface area contributed by atoms with Gasteiger partial charge in [-0.05, 0) is 24.5 Å². The third kappa shape index (κ3) is 5.63. The van der Waals surface area contributed by atoms with Gasteiger partial charge in [0.2, 0.25) is 0 Å². The molecule has 0 aromatic carbocycles. The Morgan fingerprint density at radius 3 is 2.72 bits per heavy atom. The predicted octanol–water partition coefficient (Wildman–Crippen LogP) is 1.88. The number of hydrogen-bond donors (Lipinski definition) is 1. The van der Waals surface area contributed by atoms with Crippen LogP contribution in [0.2, 0.25) is 0 Å². The first-order valence-corrected chi connectivity index (χ1v) is 6.06. The molecule has 5 nitrogen and oxygen atoms in total. The van der Waals surface area contributed by atoms with E-state index >= 15 is 0 Å². The Balaban J connectivity index is 2.16. The number of nitrogens with two attached hydrogens (primary N) is 1. The average molecular weight is 252 g/mol. The molecule has 0 atom stereocenters. The Labute approximate surface area is 107 Å². The van der Waals surface area contributed by atoms with Crippen molar-refractivity contribution in [2.24, 2.45) is 5.92 Å². The summed E-state index contributed by atoms with van der Waals surface area (Å²) >= 11 is 0. The number of aromatic nitrogens is 1. The number of nitrogens with zero attached hydrogens (tertiary/aromatic N) is 1. The fourth-order valence-electron chi connectivity index (χ4n) is 1.21. The van der Waals surface area contributed by atoms with Crippen molar-refractivity contribution in [2.45, 2.75) is 20.3 Å². The third-order valence-electron chi connectivity index (χ3n) is 2.30. The van der Waals surface area contributed by atoms with Gasteiger partial charge in [-0.2, -0.15) is 0 Å². The Hall–Kier alpha value is -1.62. The van der Waals surface area contributed by atoms with Gasteiger partial charge in [0.25, 0.3) is 0 Å². The van der Waals surface area contributed by atoms with Gasteiger partial charge in [0.15, 0.2) is 0 Å². The minimum Gasteiger partial charge on any atom is -0.459 e. The second-order valence-corrected chi connectivity index (χ2v) is 4.41. The molecule has 1 aromatic heterocycles. The molecule has 0 aliphatic carbocycles. The van der Waals surface area contributed by atoms with Crippen molar-refractivity contribution >= 4 is 11.7 Å². The summed E-state index contributed by atoms with van der Waals surface area (Å²) in [7, 11) is 0. The summed E-state index contributed by atoms with van der Waals surface area (Å²) in [5.74, 6) is 0.161. The summed E-state index contributed by atoms with van der Waals surface area (Å²) in [5, 5.41) is 0. The molecule has 18 heavy (non-hydrogen) atoms. The number of rotatable bonds is 7. The molecule has 0 fully saturated rings. The van der Waals surface area contributed by atoms with Gasteiger partial charge < -0.3 is 15.2 Å². The number of carbonyl (C=O) groups is 1. The lowest BCUT2D eigenvalue weighted by molar-refractivity contribution is 0.0298. The maximum Gasteiger partial charge on any atom is 0.356 e. The van der Waals surface area contributed by atoms with Crippen LogP contribution in [0.15, 0.2) is 18.3 Å². The van der Waals surface area contributed by atoms with Crippen molar-refractivity contribution < 1.29 is 14.3 Å². The van der Waals surface area contributed by atoms with Crippen molar-refractivity contribution in [3.05, 3.63) is 24.0 Å². The van der Waals surface area contributed by atoms with Gasteiger partial charge in [0.1, 0.15) is 12.3 Å². The maximum absolute atomic E-state index is 11.5. The SMILES string of the molecule is CC(C)CCOCCOC(=O)c1ccc(N)cn1. The number of nitrogen functional groups attached to an aromatic ring is 1. The lowest BCUT2D eigenvalue weighted by atomic mass is 10.1. The normalized spacial score (nSPS) is 10.6. The topological polar surface area (TPSA) is 74.4 Å². The molecule has 1 heterocycles. The van der Waals surface area contributed by atoms with Crippen LogP contribution in [0, 0.1) is 5.92 Å². The van der Waals surface area contributed by atoms with Gasteiger partial charge in [-0.1, -0.05) is 13.8 Å². The maximum atomic E-state index is 11.5. The molecular formula is C13H20N2O3. The predicted molar refractivity (Wildman–Crippen MR) is 69.2 cm³/mol. The summed E-state index contributed by atoms with van der Waals surface area (Å²) in [4.78, 5) is 15.4. The fraction of sp³-hybridized carbons (Fsp3) is 0.538. The lowest BCUT2D eigenvalue weighted by Gasteiger charge is -2.07. The number of ether oxygens (including phenoxy) is 2. The first-order chi connectivity index (χ1) is 8.59. The Morgan fingerprint density at radius 2 is 2.11 bits per heavy atom. The van der Waals surface area contributed by atoms with Gasteiger partial charge in [0.05, 0.1) is 18.5 Å². The van der Waals surface area contributed by atoms with Crippen LogP contribution in [-0.2, 0) is 9.47 Å². The first kappa shape index (κ1) is 14.4. The Bertz CT molecular complexity index is 363. The van der Waals surface area contributed by atoms with E-state index in [4.69, 9.17) is 15.2 Å². The molecule has 0 saturated carbocycles.